The third kappa shape index (κ3) is 4.15. The van der Waals surface area contributed by atoms with Gasteiger partial charge in [-0.1, -0.05) is 18.2 Å². The first kappa shape index (κ1) is 16.5. The Balaban J connectivity index is 1.65. The summed E-state index contributed by atoms with van der Waals surface area (Å²) < 4.78 is 0. The van der Waals surface area contributed by atoms with E-state index in [2.05, 4.69) is 26.6 Å². The Kier molecular flexibility index (Phi) is 4.66. The number of nitro benzene ring substituents is 1. The Hall–Kier alpha value is -3.33. The van der Waals surface area contributed by atoms with Crippen molar-refractivity contribution in [2.45, 2.75) is 19.5 Å². The van der Waals surface area contributed by atoms with E-state index in [4.69, 9.17) is 0 Å². The van der Waals surface area contributed by atoms with Gasteiger partial charge >= 0.3 is 6.03 Å². The average Bonchev–Trinajstić information content (AvgIpc) is 2.57. The van der Waals surface area contributed by atoms with Crippen LogP contribution in [0.1, 0.15) is 5.56 Å². The standard InChI is InChI=1S/C16H18N6O3/c1-10-4-2-3-5-13(10)18-15-19-14(20-16(23)21-15)17-11-6-8-12(9-7-11)22(24)25/h2-9,14-15,17-19H,1H3,(H2,20,21,23). The molecule has 0 spiro atoms. The van der Waals surface area contributed by atoms with Crippen molar-refractivity contribution in [2.75, 3.05) is 10.6 Å². The van der Waals surface area contributed by atoms with Crippen molar-refractivity contribution in [3.63, 3.8) is 0 Å². The van der Waals surface area contributed by atoms with Crippen molar-refractivity contribution in [2.24, 2.45) is 0 Å². The van der Waals surface area contributed by atoms with Crippen LogP contribution in [0.15, 0.2) is 48.5 Å². The summed E-state index contributed by atoms with van der Waals surface area (Å²) in [6.07, 6.45) is -1.03. The van der Waals surface area contributed by atoms with E-state index in [0.717, 1.165) is 11.3 Å². The molecule has 1 aliphatic rings. The van der Waals surface area contributed by atoms with E-state index < -0.39 is 17.5 Å². The molecular weight excluding hydrogens is 324 g/mol. The number of anilines is 2. The molecule has 2 unspecified atom stereocenters. The third-order valence-electron chi connectivity index (χ3n) is 3.72. The lowest BCUT2D eigenvalue weighted by Crippen LogP contribution is -2.69. The molecule has 1 saturated heterocycles. The number of hydrogen-bond acceptors (Lipinski definition) is 6. The largest absolute Gasteiger partial charge is 0.353 e. The summed E-state index contributed by atoms with van der Waals surface area (Å²) in [6.45, 7) is 1.97. The molecule has 25 heavy (non-hydrogen) atoms. The summed E-state index contributed by atoms with van der Waals surface area (Å²) >= 11 is 0. The maximum Gasteiger partial charge on any atom is 0.320 e. The number of para-hydroxylation sites is 1. The van der Waals surface area contributed by atoms with Crippen LogP contribution in [-0.4, -0.2) is 23.5 Å². The first-order valence-corrected chi connectivity index (χ1v) is 7.67. The fraction of sp³-hybridized carbons (Fsp3) is 0.188. The van der Waals surface area contributed by atoms with Crippen molar-refractivity contribution in [1.82, 2.24) is 16.0 Å². The Bertz CT molecular complexity index is 780. The predicted octanol–water partition coefficient (Wildman–Crippen LogP) is 1.90. The van der Waals surface area contributed by atoms with Crippen LogP contribution in [0.25, 0.3) is 0 Å². The highest BCUT2D eigenvalue weighted by Crippen LogP contribution is 2.17. The zero-order chi connectivity index (χ0) is 17.8. The first-order valence-electron chi connectivity index (χ1n) is 7.67. The second-order valence-corrected chi connectivity index (χ2v) is 5.56. The molecule has 3 rings (SSSR count). The molecule has 0 bridgehead atoms. The van der Waals surface area contributed by atoms with Gasteiger partial charge in [-0.25, -0.2) is 10.1 Å². The molecule has 5 N–H and O–H groups in total. The number of carbonyl (C=O) groups excluding carboxylic acids is 1. The summed E-state index contributed by atoms with van der Waals surface area (Å²) in [5.74, 6) is 0. The topological polar surface area (TPSA) is 120 Å². The first-order chi connectivity index (χ1) is 12.0. The second kappa shape index (κ2) is 7.05. The normalized spacial score (nSPS) is 19.5. The van der Waals surface area contributed by atoms with Crippen LogP contribution < -0.4 is 26.6 Å². The van der Waals surface area contributed by atoms with E-state index >= 15 is 0 Å². The summed E-state index contributed by atoms with van der Waals surface area (Å²) in [6, 6.07) is 13.3. The second-order valence-electron chi connectivity index (χ2n) is 5.56. The molecule has 0 aromatic heterocycles. The molecule has 2 atom stereocenters. The number of nitro groups is 1. The Morgan fingerprint density at radius 2 is 1.64 bits per heavy atom. The lowest BCUT2D eigenvalue weighted by atomic mass is 10.2. The van der Waals surface area contributed by atoms with E-state index in [1.54, 1.807) is 12.1 Å². The smallest absolute Gasteiger partial charge is 0.320 e. The Morgan fingerprint density at radius 3 is 2.28 bits per heavy atom. The van der Waals surface area contributed by atoms with Gasteiger partial charge in [0, 0.05) is 23.5 Å². The molecule has 1 fully saturated rings. The van der Waals surface area contributed by atoms with E-state index in [-0.39, 0.29) is 11.7 Å². The molecule has 0 radical (unpaired) electrons. The number of benzene rings is 2. The van der Waals surface area contributed by atoms with Gasteiger partial charge in [-0.2, -0.15) is 0 Å². The van der Waals surface area contributed by atoms with Crippen molar-refractivity contribution in [3.05, 3.63) is 64.2 Å². The minimum atomic E-state index is -0.545. The highest BCUT2D eigenvalue weighted by molar-refractivity contribution is 5.76. The Morgan fingerprint density at radius 1 is 1.00 bits per heavy atom. The van der Waals surface area contributed by atoms with Crippen LogP contribution in [0.5, 0.6) is 0 Å². The van der Waals surface area contributed by atoms with Gasteiger partial charge in [-0.05, 0) is 30.7 Å². The lowest BCUT2D eigenvalue weighted by molar-refractivity contribution is -0.384. The molecule has 2 aromatic carbocycles. The van der Waals surface area contributed by atoms with Crippen molar-refractivity contribution in [1.29, 1.82) is 0 Å². The number of carbonyl (C=O) groups is 1. The number of nitrogens with one attached hydrogen (secondary N) is 5. The lowest BCUT2D eigenvalue weighted by Gasteiger charge is -2.34. The van der Waals surface area contributed by atoms with Gasteiger partial charge in [0.15, 0.2) is 12.6 Å². The quantitative estimate of drug-likeness (QED) is 0.418. The van der Waals surface area contributed by atoms with Crippen molar-refractivity contribution in [3.8, 4) is 0 Å². The van der Waals surface area contributed by atoms with E-state index in [1.165, 1.54) is 12.1 Å². The van der Waals surface area contributed by atoms with Gasteiger partial charge in [-0.15, -0.1) is 0 Å². The monoisotopic (exact) mass is 342 g/mol. The highest BCUT2D eigenvalue weighted by Gasteiger charge is 2.24. The zero-order valence-corrected chi connectivity index (χ0v) is 13.4. The number of aryl methyl sites for hydroxylation is 1. The van der Waals surface area contributed by atoms with Gasteiger partial charge in [-0.3, -0.25) is 10.1 Å². The highest BCUT2D eigenvalue weighted by atomic mass is 16.6. The molecule has 1 heterocycles. The molecule has 2 amide bonds. The molecule has 1 aliphatic heterocycles. The van der Waals surface area contributed by atoms with Crippen LogP contribution in [-0.2, 0) is 0 Å². The van der Waals surface area contributed by atoms with Gasteiger partial charge < -0.3 is 21.3 Å². The summed E-state index contributed by atoms with van der Waals surface area (Å²) in [5, 5.41) is 25.5. The van der Waals surface area contributed by atoms with Gasteiger partial charge in [0.05, 0.1) is 4.92 Å². The van der Waals surface area contributed by atoms with Gasteiger partial charge in [0.2, 0.25) is 0 Å². The maximum atomic E-state index is 11.9. The molecule has 0 aliphatic carbocycles. The summed E-state index contributed by atoms with van der Waals surface area (Å²) in [4.78, 5) is 22.1. The predicted molar refractivity (Wildman–Crippen MR) is 93.9 cm³/mol. The number of amides is 2. The van der Waals surface area contributed by atoms with Crippen LogP contribution in [0.3, 0.4) is 0 Å². The number of nitrogens with zero attached hydrogens (tertiary/aromatic N) is 1. The van der Waals surface area contributed by atoms with Crippen LogP contribution >= 0.6 is 0 Å². The van der Waals surface area contributed by atoms with Gasteiger partial charge in [0.25, 0.3) is 5.69 Å². The zero-order valence-electron chi connectivity index (χ0n) is 13.4. The van der Waals surface area contributed by atoms with Gasteiger partial charge in [0.1, 0.15) is 0 Å². The van der Waals surface area contributed by atoms with Crippen LogP contribution in [0.2, 0.25) is 0 Å². The molecule has 9 nitrogen and oxygen atoms in total. The van der Waals surface area contributed by atoms with Crippen molar-refractivity contribution >= 4 is 23.1 Å². The number of hydrogen-bond donors (Lipinski definition) is 5. The summed E-state index contributed by atoms with van der Waals surface area (Å²) in [7, 11) is 0. The van der Waals surface area contributed by atoms with E-state index in [0.29, 0.717) is 5.69 Å². The molecule has 9 heteroatoms. The van der Waals surface area contributed by atoms with Crippen LogP contribution in [0.4, 0.5) is 21.9 Å². The molecule has 130 valence electrons. The SMILES string of the molecule is Cc1ccccc1NC1NC(=O)NC(Nc2ccc([N+](=O)[O-])cc2)N1. The number of rotatable bonds is 5. The fourth-order valence-electron chi connectivity index (χ4n) is 2.45. The van der Waals surface area contributed by atoms with E-state index in [1.807, 2.05) is 31.2 Å². The van der Waals surface area contributed by atoms with Crippen molar-refractivity contribution < 1.29 is 9.72 Å². The number of non-ortho nitro benzene ring substituents is 1. The number of urea groups is 1. The average molecular weight is 342 g/mol. The molecular formula is C16H18N6O3. The fourth-order valence-corrected chi connectivity index (χ4v) is 2.45. The Labute approximate surface area is 144 Å². The minimum Gasteiger partial charge on any atom is -0.353 e. The minimum absolute atomic E-state index is 0.00644. The maximum absolute atomic E-state index is 11.9. The van der Waals surface area contributed by atoms with E-state index in [9.17, 15) is 14.9 Å². The van der Waals surface area contributed by atoms with Crippen LogP contribution in [0, 0.1) is 17.0 Å². The molecule has 2 aromatic rings. The molecule has 0 saturated carbocycles. The summed E-state index contributed by atoms with van der Waals surface area (Å²) in [5.41, 5.74) is 2.60. The third-order valence-corrected chi connectivity index (χ3v) is 3.72.